The summed E-state index contributed by atoms with van der Waals surface area (Å²) in [5.41, 5.74) is 2.56. The molecule has 1 aliphatic rings. The minimum absolute atomic E-state index is 0.0552. The number of ether oxygens (including phenoxy) is 1. The van der Waals surface area contributed by atoms with Gasteiger partial charge >= 0.3 is 0 Å². The molecular formula is C25H25F2N5O2. The Morgan fingerprint density at radius 3 is 2.59 bits per heavy atom. The SMILES string of the molecule is CCOc1cc(F)c(Cn2nc(-c3nc(O)c4c(n3)CCN(CC)C4)c3ccccc32)c(F)c1. The van der Waals surface area contributed by atoms with Crippen molar-refractivity contribution in [3.05, 3.63) is 64.9 Å². The summed E-state index contributed by atoms with van der Waals surface area (Å²) in [7, 11) is 0. The lowest BCUT2D eigenvalue weighted by Gasteiger charge is -2.27. The first-order chi connectivity index (χ1) is 16.5. The first-order valence-corrected chi connectivity index (χ1v) is 11.4. The normalized spacial score (nSPS) is 13.9. The fourth-order valence-corrected chi connectivity index (χ4v) is 4.37. The van der Waals surface area contributed by atoms with Crippen LogP contribution < -0.4 is 4.74 Å². The summed E-state index contributed by atoms with van der Waals surface area (Å²) in [6.07, 6.45) is 0.702. The lowest BCUT2D eigenvalue weighted by Crippen LogP contribution is -2.31. The van der Waals surface area contributed by atoms with Crippen LogP contribution in [0.5, 0.6) is 11.6 Å². The van der Waals surface area contributed by atoms with Gasteiger partial charge in [-0.1, -0.05) is 25.1 Å². The Morgan fingerprint density at radius 1 is 1.09 bits per heavy atom. The Balaban J connectivity index is 1.57. The Bertz CT molecular complexity index is 1350. The molecule has 0 unspecified atom stereocenters. The van der Waals surface area contributed by atoms with E-state index in [1.807, 2.05) is 24.3 Å². The predicted molar refractivity (Wildman–Crippen MR) is 124 cm³/mol. The van der Waals surface area contributed by atoms with Gasteiger partial charge in [0.1, 0.15) is 23.1 Å². The molecule has 0 saturated carbocycles. The zero-order valence-corrected chi connectivity index (χ0v) is 19.1. The number of halogens is 2. The van der Waals surface area contributed by atoms with Gasteiger partial charge < -0.3 is 9.84 Å². The molecule has 0 amide bonds. The molecule has 2 aromatic heterocycles. The number of para-hydroxylation sites is 1. The van der Waals surface area contributed by atoms with Crippen LogP contribution in [0.4, 0.5) is 8.78 Å². The summed E-state index contributed by atoms with van der Waals surface area (Å²) in [5.74, 6) is -1.02. The molecule has 176 valence electrons. The van der Waals surface area contributed by atoms with Gasteiger partial charge in [0.25, 0.3) is 0 Å². The highest BCUT2D eigenvalue weighted by Crippen LogP contribution is 2.32. The van der Waals surface area contributed by atoms with E-state index in [-0.39, 0.29) is 23.7 Å². The van der Waals surface area contributed by atoms with E-state index in [0.29, 0.717) is 36.6 Å². The molecule has 3 heterocycles. The van der Waals surface area contributed by atoms with Crippen molar-refractivity contribution < 1.29 is 18.6 Å². The highest BCUT2D eigenvalue weighted by Gasteiger charge is 2.24. The molecule has 9 heteroatoms. The van der Waals surface area contributed by atoms with Crippen LogP contribution >= 0.6 is 0 Å². The molecule has 5 rings (SSSR count). The summed E-state index contributed by atoms with van der Waals surface area (Å²) in [6, 6.07) is 9.73. The first kappa shape index (κ1) is 22.2. The Hall–Kier alpha value is -3.59. The molecule has 0 saturated heterocycles. The maximum absolute atomic E-state index is 14.7. The number of hydrogen-bond acceptors (Lipinski definition) is 6. The Kier molecular flexibility index (Phi) is 5.87. The molecule has 7 nitrogen and oxygen atoms in total. The molecule has 34 heavy (non-hydrogen) atoms. The van der Waals surface area contributed by atoms with Crippen LogP contribution in [-0.2, 0) is 19.5 Å². The second-order valence-corrected chi connectivity index (χ2v) is 8.24. The number of aromatic nitrogens is 4. The number of likely N-dealkylation sites (N-methyl/N-ethyl adjacent to an activating group) is 1. The monoisotopic (exact) mass is 465 g/mol. The maximum Gasteiger partial charge on any atom is 0.219 e. The van der Waals surface area contributed by atoms with Gasteiger partial charge in [-0.3, -0.25) is 9.58 Å². The van der Waals surface area contributed by atoms with Gasteiger partial charge in [0.05, 0.1) is 24.4 Å². The van der Waals surface area contributed by atoms with Gasteiger partial charge in [-0.2, -0.15) is 10.1 Å². The minimum atomic E-state index is -0.701. The van der Waals surface area contributed by atoms with E-state index in [1.54, 1.807) is 6.92 Å². The van der Waals surface area contributed by atoms with E-state index in [2.05, 4.69) is 21.9 Å². The van der Waals surface area contributed by atoms with Gasteiger partial charge in [-0.25, -0.2) is 13.8 Å². The van der Waals surface area contributed by atoms with E-state index in [4.69, 9.17) is 9.72 Å². The van der Waals surface area contributed by atoms with Crippen molar-refractivity contribution in [2.24, 2.45) is 0 Å². The molecule has 0 radical (unpaired) electrons. The third-order valence-electron chi connectivity index (χ3n) is 6.17. The predicted octanol–water partition coefficient (Wildman–Crippen LogP) is 4.30. The average Bonchev–Trinajstić information content (AvgIpc) is 3.20. The quantitative estimate of drug-likeness (QED) is 0.458. The van der Waals surface area contributed by atoms with Crippen LogP contribution in [0.15, 0.2) is 36.4 Å². The zero-order valence-electron chi connectivity index (χ0n) is 19.1. The van der Waals surface area contributed by atoms with Crippen LogP contribution in [0.25, 0.3) is 22.4 Å². The number of benzene rings is 2. The fourth-order valence-electron chi connectivity index (χ4n) is 4.37. The molecule has 1 aliphatic heterocycles. The molecule has 2 aromatic carbocycles. The highest BCUT2D eigenvalue weighted by molar-refractivity contribution is 5.91. The molecule has 1 N–H and O–H groups in total. The molecule has 0 fully saturated rings. The van der Waals surface area contributed by atoms with E-state index < -0.39 is 11.6 Å². The zero-order chi connectivity index (χ0) is 23.8. The largest absolute Gasteiger partial charge is 0.494 e. The number of fused-ring (bicyclic) bond motifs is 2. The number of aromatic hydroxyl groups is 1. The van der Waals surface area contributed by atoms with E-state index in [0.717, 1.165) is 29.7 Å². The first-order valence-electron chi connectivity index (χ1n) is 11.4. The van der Waals surface area contributed by atoms with Crippen molar-refractivity contribution in [3.8, 4) is 23.1 Å². The second-order valence-electron chi connectivity index (χ2n) is 8.24. The molecular weight excluding hydrogens is 440 g/mol. The third kappa shape index (κ3) is 3.96. The van der Waals surface area contributed by atoms with Gasteiger partial charge in [0, 0.05) is 48.2 Å². The van der Waals surface area contributed by atoms with Crippen molar-refractivity contribution in [1.82, 2.24) is 24.6 Å². The summed E-state index contributed by atoms with van der Waals surface area (Å²) in [6.45, 7) is 6.36. The summed E-state index contributed by atoms with van der Waals surface area (Å²) in [4.78, 5) is 11.3. The molecule has 0 aliphatic carbocycles. The molecule has 0 atom stereocenters. The van der Waals surface area contributed by atoms with Gasteiger partial charge in [-0.15, -0.1) is 0 Å². The molecule has 0 bridgehead atoms. The van der Waals surface area contributed by atoms with E-state index in [1.165, 1.54) is 16.8 Å². The lowest BCUT2D eigenvalue weighted by atomic mass is 10.1. The maximum atomic E-state index is 14.7. The molecule has 0 spiro atoms. The Labute approximate surface area is 195 Å². The summed E-state index contributed by atoms with van der Waals surface area (Å²) >= 11 is 0. The average molecular weight is 466 g/mol. The van der Waals surface area contributed by atoms with E-state index >= 15 is 0 Å². The van der Waals surface area contributed by atoms with Crippen LogP contribution in [0.2, 0.25) is 0 Å². The van der Waals surface area contributed by atoms with Crippen molar-refractivity contribution >= 4 is 10.9 Å². The van der Waals surface area contributed by atoms with Crippen LogP contribution in [0.3, 0.4) is 0 Å². The Morgan fingerprint density at radius 2 is 1.85 bits per heavy atom. The lowest BCUT2D eigenvalue weighted by molar-refractivity contribution is 0.258. The van der Waals surface area contributed by atoms with Crippen LogP contribution in [0.1, 0.15) is 30.7 Å². The number of nitrogens with zero attached hydrogens (tertiary/aromatic N) is 5. The van der Waals surface area contributed by atoms with Gasteiger partial charge in [0.2, 0.25) is 5.88 Å². The van der Waals surface area contributed by atoms with Crippen LogP contribution in [0, 0.1) is 11.6 Å². The van der Waals surface area contributed by atoms with Crippen molar-refractivity contribution in [1.29, 1.82) is 0 Å². The van der Waals surface area contributed by atoms with E-state index in [9.17, 15) is 13.9 Å². The fraction of sp³-hybridized carbons (Fsp3) is 0.320. The van der Waals surface area contributed by atoms with Gasteiger partial charge in [-0.05, 0) is 19.5 Å². The van der Waals surface area contributed by atoms with Gasteiger partial charge in [0.15, 0.2) is 5.82 Å². The number of hydrogen-bond donors (Lipinski definition) is 1. The highest BCUT2D eigenvalue weighted by atomic mass is 19.1. The molecule has 4 aromatic rings. The summed E-state index contributed by atoms with van der Waals surface area (Å²) < 4.78 is 36.2. The topological polar surface area (TPSA) is 76.3 Å². The minimum Gasteiger partial charge on any atom is -0.494 e. The smallest absolute Gasteiger partial charge is 0.219 e. The standard InChI is InChI=1S/C25H25F2N5O2/c1-3-31-10-9-21-18(13-31)25(33)29-24(28-21)23-16-7-5-6-8-22(16)32(30-23)14-17-19(26)11-15(34-4-2)12-20(17)27/h5-8,11-12H,3-4,9-10,13-14H2,1-2H3,(H,28,29,33). The summed E-state index contributed by atoms with van der Waals surface area (Å²) in [5, 5.41) is 16.0. The van der Waals surface area contributed by atoms with Crippen molar-refractivity contribution in [2.75, 3.05) is 19.7 Å². The van der Waals surface area contributed by atoms with Crippen molar-refractivity contribution in [2.45, 2.75) is 33.4 Å². The van der Waals surface area contributed by atoms with Crippen molar-refractivity contribution in [3.63, 3.8) is 0 Å². The van der Waals surface area contributed by atoms with Crippen LogP contribution in [-0.4, -0.2) is 49.5 Å². The number of rotatable bonds is 6. The second kappa shape index (κ2) is 8.98. The third-order valence-corrected chi connectivity index (χ3v) is 6.17.